The molecule has 22 heavy (non-hydrogen) atoms. The number of nitrogens with two attached hydrogens (primary N) is 1. The topological polar surface area (TPSA) is 83.6 Å². The fraction of sp³-hybridized carbons (Fsp3) is 0.529. The maximum absolute atomic E-state index is 12.5. The lowest BCUT2D eigenvalue weighted by Gasteiger charge is -2.33. The van der Waals surface area contributed by atoms with Crippen LogP contribution in [0.1, 0.15) is 44.1 Å². The molecular weight excluding hydrogens is 280 g/mol. The lowest BCUT2D eigenvalue weighted by Crippen LogP contribution is -2.43. The van der Waals surface area contributed by atoms with Gasteiger partial charge in [0.1, 0.15) is 0 Å². The summed E-state index contributed by atoms with van der Waals surface area (Å²) in [7, 11) is 0. The van der Waals surface area contributed by atoms with Crippen LogP contribution in [0.5, 0.6) is 0 Å². The molecule has 0 spiro atoms. The first-order valence-electron chi connectivity index (χ1n) is 7.81. The number of benzene rings is 1. The van der Waals surface area contributed by atoms with Crippen LogP contribution in [0.4, 0.5) is 0 Å². The van der Waals surface area contributed by atoms with E-state index in [0.29, 0.717) is 19.4 Å². The molecule has 1 aromatic carbocycles. The van der Waals surface area contributed by atoms with E-state index in [9.17, 15) is 14.7 Å². The molecule has 0 saturated heterocycles. The first-order chi connectivity index (χ1) is 10.5. The molecule has 120 valence electrons. The van der Waals surface area contributed by atoms with Crippen molar-refractivity contribution >= 4 is 11.8 Å². The molecule has 0 atom stereocenters. The SMILES string of the molecule is NC(=O)CN(Cc1ccccc1)C(=O)CC1(O)CCCCC1. The maximum atomic E-state index is 12.5. The Morgan fingerprint density at radius 3 is 2.36 bits per heavy atom. The van der Waals surface area contributed by atoms with E-state index in [1.807, 2.05) is 30.3 Å². The van der Waals surface area contributed by atoms with E-state index in [0.717, 1.165) is 24.8 Å². The number of amides is 2. The number of carbonyl (C=O) groups is 2. The average molecular weight is 304 g/mol. The summed E-state index contributed by atoms with van der Waals surface area (Å²) in [4.78, 5) is 25.2. The van der Waals surface area contributed by atoms with E-state index in [-0.39, 0.29) is 18.9 Å². The summed E-state index contributed by atoms with van der Waals surface area (Å²) in [5.41, 5.74) is 5.26. The van der Waals surface area contributed by atoms with Gasteiger partial charge in [-0.1, -0.05) is 49.6 Å². The van der Waals surface area contributed by atoms with Crippen molar-refractivity contribution in [2.45, 2.75) is 50.7 Å². The second-order valence-corrected chi connectivity index (χ2v) is 6.16. The highest BCUT2D eigenvalue weighted by Gasteiger charge is 2.33. The number of rotatable bonds is 6. The van der Waals surface area contributed by atoms with Crippen LogP contribution in [0, 0.1) is 0 Å². The van der Waals surface area contributed by atoms with Crippen LogP contribution in [0.25, 0.3) is 0 Å². The van der Waals surface area contributed by atoms with Crippen molar-refractivity contribution in [3.63, 3.8) is 0 Å². The monoisotopic (exact) mass is 304 g/mol. The smallest absolute Gasteiger partial charge is 0.237 e. The van der Waals surface area contributed by atoms with Crippen LogP contribution in [0.2, 0.25) is 0 Å². The number of aliphatic hydroxyl groups is 1. The summed E-state index contributed by atoms with van der Waals surface area (Å²) in [6.07, 6.45) is 4.35. The number of hydrogen-bond acceptors (Lipinski definition) is 3. The van der Waals surface area contributed by atoms with Gasteiger partial charge < -0.3 is 15.7 Å². The Morgan fingerprint density at radius 1 is 1.14 bits per heavy atom. The number of hydrogen-bond donors (Lipinski definition) is 2. The first-order valence-corrected chi connectivity index (χ1v) is 7.81. The van der Waals surface area contributed by atoms with Crippen LogP contribution in [0.3, 0.4) is 0 Å². The number of nitrogens with zero attached hydrogens (tertiary/aromatic N) is 1. The van der Waals surface area contributed by atoms with Crippen LogP contribution in [-0.4, -0.2) is 34.0 Å². The van der Waals surface area contributed by atoms with Gasteiger partial charge in [0, 0.05) is 6.54 Å². The van der Waals surface area contributed by atoms with Gasteiger partial charge >= 0.3 is 0 Å². The molecule has 2 rings (SSSR count). The molecule has 0 aromatic heterocycles. The molecule has 0 radical (unpaired) electrons. The van der Waals surface area contributed by atoms with E-state index in [2.05, 4.69) is 0 Å². The molecule has 5 heteroatoms. The predicted molar refractivity (Wildman–Crippen MR) is 83.7 cm³/mol. The lowest BCUT2D eigenvalue weighted by atomic mass is 9.82. The molecule has 1 aromatic rings. The largest absolute Gasteiger partial charge is 0.389 e. The molecule has 0 heterocycles. The summed E-state index contributed by atoms with van der Waals surface area (Å²) in [6.45, 7) is 0.211. The zero-order valence-electron chi connectivity index (χ0n) is 12.8. The van der Waals surface area contributed by atoms with Crippen LogP contribution in [0.15, 0.2) is 30.3 Å². The van der Waals surface area contributed by atoms with Gasteiger partial charge in [0.15, 0.2) is 0 Å². The Kier molecular flexibility index (Phi) is 5.55. The Hall–Kier alpha value is -1.88. The summed E-state index contributed by atoms with van der Waals surface area (Å²) in [6, 6.07) is 9.47. The highest BCUT2D eigenvalue weighted by Crippen LogP contribution is 2.31. The van der Waals surface area contributed by atoms with Crippen molar-refractivity contribution in [2.75, 3.05) is 6.54 Å². The van der Waals surface area contributed by atoms with Gasteiger partial charge in [-0.05, 0) is 18.4 Å². The van der Waals surface area contributed by atoms with Crippen molar-refractivity contribution in [1.82, 2.24) is 4.90 Å². The minimum Gasteiger partial charge on any atom is -0.389 e. The third kappa shape index (κ3) is 4.84. The zero-order chi connectivity index (χ0) is 16.0. The molecule has 0 aliphatic heterocycles. The Balaban J connectivity index is 2.04. The molecule has 1 aliphatic rings. The average Bonchev–Trinajstić information content (AvgIpc) is 2.47. The maximum Gasteiger partial charge on any atom is 0.237 e. The first kappa shape index (κ1) is 16.5. The molecule has 1 fully saturated rings. The summed E-state index contributed by atoms with van der Waals surface area (Å²) < 4.78 is 0. The molecule has 5 nitrogen and oxygen atoms in total. The highest BCUT2D eigenvalue weighted by molar-refractivity contribution is 5.84. The summed E-state index contributed by atoms with van der Waals surface area (Å²) in [5, 5.41) is 10.5. The molecular formula is C17H24N2O3. The third-order valence-corrected chi connectivity index (χ3v) is 4.18. The summed E-state index contributed by atoms with van der Waals surface area (Å²) in [5.74, 6) is -0.757. The van der Waals surface area contributed by atoms with Gasteiger partial charge in [-0.15, -0.1) is 0 Å². The Labute approximate surface area is 131 Å². The van der Waals surface area contributed by atoms with Crippen molar-refractivity contribution in [3.8, 4) is 0 Å². The van der Waals surface area contributed by atoms with Gasteiger partial charge in [0.2, 0.25) is 11.8 Å². The van der Waals surface area contributed by atoms with Gasteiger partial charge in [-0.3, -0.25) is 9.59 Å². The quantitative estimate of drug-likeness (QED) is 0.837. The normalized spacial score (nSPS) is 17.0. The standard InChI is InChI=1S/C17H24N2O3/c18-15(20)13-19(12-14-7-3-1-4-8-14)16(21)11-17(22)9-5-2-6-10-17/h1,3-4,7-8,22H,2,5-6,9-13H2,(H2,18,20). The Morgan fingerprint density at radius 2 is 1.77 bits per heavy atom. The van der Waals surface area contributed by atoms with Gasteiger partial charge in [-0.2, -0.15) is 0 Å². The van der Waals surface area contributed by atoms with E-state index in [4.69, 9.17) is 5.73 Å². The second-order valence-electron chi connectivity index (χ2n) is 6.16. The van der Waals surface area contributed by atoms with Crippen molar-refractivity contribution in [3.05, 3.63) is 35.9 Å². The van der Waals surface area contributed by atoms with E-state index < -0.39 is 11.5 Å². The number of carbonyl (C=O) groups excluding carboxylic acids is 2. The minimum atomic E-state index is -0.929. The van der Waals surface area contributed by atoms with Crippen LogP contribution < -0.4 is 5.73 Å². The molecule has 1 aliphatic carbocycles. The van der Waals surface area contributed by atoms with Crippen molar-refractivity contribution < 1.29 is 14.7 Å². The molecule has 2 amide bonds. The zero-order valence-corrected chi connectivity index (χ0v) is 12.8. The lowest BCUT2D eigenvalue weighted by molar-refractivity contribution is -0.141. The van der Waals surface area contributed by atoms with Crippen molar-refractivity contribution in [2.24, 2.45) is 5.73 Å². The van der Waals surface area contributed by atoms with E-state index in [1.54, 1.807) is 0 Å². The summed E-state index contributed by atoms with van der Waals surface area (Å²) >= 11 is 0. The van der Waals surface area contributed by atoms with Gasteiger partial charge in [0.05, 0.1) is 18.6 Å². The molecule has 1 saturated carbocycles. The van der Waals surface area contributed by atoms with Crippen LogP contribution in [-0.2, 0) is 16.1 Å². The van der Waals surface area contributed by atoms with Crippen LogP contribution >= 0.6 is 0 Å². The van der Waals surface area contributed by atoms with E-state index in [1.165, 1.54) is 4.90 Å². The predicted octanol–water partition coefficient (Wildman–Crippen LogP) is 1.59. The molecule has 3 N–H and O–H groups in total. The van der Waals surface area contributed by atoms with E-state index >= 15 is 0 Å². The third-order valence-electron chi connectivity index (χ3n) is 4.18. The highest BCUT2D eigenvalue weighted by atomic mass is 16.3. The second kappa shape index (κ2) is 7.40. The van der Waals surface area contributed by atoms with Gasteiger partial charge in [0.25, 0.3) is 0 Å². The Bertz CT molecular complexity index is 510. The number of primary amides is 1. The van der Waals surface area contributed by atoms with Crippen molar-refractivity contribution in [1.29, 1.82) is 0 Å². The molecule has 0 bridgehead atoms. The fourth-order valence-corrected chi connectivity index (χ4v) is 3.00. The van der Waals surface area contributed by atoms with Gasteiger partial charge in [-0.25, -0.2) is 0 Å². The molecule has 0 unspecified atom stereocenters. The fourth-order valence-electron chi connectivity index (χ4n) is 3.00. The minimum absolute atomic E-state index is 0.0626.